The Morgan fingerprint density at radius 3 is 2.37 bits per heavy atom. The normalized spacial score (nSPS) is 26.1. The average Bonchev–Trinajstić information content (AvgIpc) is 2.99. The van der Waals surface area contributed by atoms with Crippen LogP contribution < -0.4 is 10.5 Å². The Morgan fingerprint density at radius 2 is 1.84 bits per heavy atom. The molecular formula is C15H21FN2O. The van der Waals surface area contributed by atoms with Gasteiger partial charge in [-0.3, -0.25) is 4.90 Å². The third-order valence-electron chi connectivity index (χ3n) is 4.70. The Bertz CT molecular complexity index is 457. The molecule has 0 saturated carbocycles. The molecule has 2 fully saturated rings. The first-order chi connectivity index (χ1) is 9.24. The van der Waals surface area contributed by atoms with Crippen LogP contribution in [-0.4, -0.2) is 24.1 Å². The summed E-state index contributed by atoms with van der Waals surface area (Å²) in [6.45, 7) is 0.990. The van der Waals surface area contributed by atoms with Crippen molar-refractivity contribution in [2.75, 3.05) is 7.11 Å². The second-order valence-electron chi connectivity index (χ2n) is 5.55. The van der Waals surface area contributed by atoms with Crippen molar-refractivity contribution in [1.29, 1.82) is 0 Å². The second kappa shape index (κ2) is 5.10. The van der Waals surface area contributed by atoms with Crippen LogP contribution in [0, 0.1) is 5.82 Å². The van der Waals surface area contributed by atoms with Gasteiger partial charge < -0.3 is 10.5 Å². The molecule has 0 aliphatic carbocycles. The highest BCUT2D eigenvalue weighted by Gasteiger charge is 2.39. The van der Waals surface area contributed by atoms with Crippen molar-refractivity contribution in [1.82, 2.24) is 4.90 Å². The third-order valence-corrected chi connectivity index (χ3v) is 4.70. The van der Waals surface area contributed by atoms with Crippen LogP contribution in [0.25, 0.3) is 0 Å². The zero-order chi connectivity index (χ0) is 13.4. The maximum Gasteiger partial charge on any atom is 0.128 e. The van der Waals surface area contributed by atoms with Gasteiger partial charge in [0, 0.05) is 36.3 Å². The summed E-state index contributed by atoms with van der Waals surface area (Å²) in [5, 5.41) is 0. The average molecular weight is 264 g/mol. The zero-order valence-corrected chi connectivity index (χ0v) is 11.4. The highest BCUT2D eigenvalue weighted by molar-refractivity contribution is 5.41. The summed E-state index contributed by atoms with van der Waals surface area (Å²) in [7, 11) is 1.63. The summed E-state index contributed by atoms with van der Waals surface area (Å²) in [6.07, 6.45) is 5.11. The SMILES string of the molecule is COc1ccc(F)c(CN)c1CN1C2CCC1CC2. The molecule has 1 aromatic rings. The minimum atomic E-state index is -0.218. The summed E-state index contributed by atoms with van der Waals surface area (Å²) in [6, 6.07) is 4.50. The zero-order valence-electron chi connectivity index (χ0n) is 11.4. The fourth-order valence-electron chi connectivity index (χ4n) is 3.69. The highest BCUT2D eigenvalue weighted by atomic mass is 19.1. The lowest BCUT2D eigenvalue weighted by atomic mass is 10.0. The topological polar surface area (TPSA) is 38.5 Å². The van der Waals surface area contributed by atoms with Crippen LogP contribution in [0.2, 0.25) is 0 Å². The van der Waals surface area contributed by atoms with E-state index in [1.54, 1.807) is 13.2 Å². The van der Waals surface area contributed by atoms with Gasteiger partial charge in [0.05, 0.1) is 7.11 Å². The standard InChI is InChI=1S/C15H21FN2O/c1-19-15-7-6-14(16)12(8-17)13(15)9-18-10-2-3-11(18)5-4-10/h6-7,10-11H,2-5,8-9,17H2,1H3. The number of ether oxygens (including phenoxy) is 1. The van der Waals surface area contributed by atoms with Crippen molar-refractivity contribution in [3.05, 3.63) is 29.1 Å². The van der Waals surface area contributed by atoms with E-state index in [1.165, 1.54) is 31.7 Å². The molecule has 104 valence electrons. The minimum absolute atomic E-state index is 0.218. The lowest BCUT2D eigenvalue weighted by Crippen LogP contribution is -2.29. The monoisotopic (exact) mass is 264 g/mol. The van der Waals surface area contributed by atoms with E-state index < -0.39 is 0 Å². The number of hydrogen-bond donors (Lipinski definition) is 1. The molecule has 0 radical (unpaired) electrons. The van der Waals surface area contributed by atoms with E-state index in [0.29, 0.717) is 17.6 Å². The maximum absolute atomic E-state index is 13.9. The number of nitrogens with zero attached hydrogens (tertiary/aromatic N) is 1. The molecule has 0 atom stereocenters. The summed E-state index contributed by atoms with van der Waals surface area (Å²) in [4.78, 5) is 2.51. The summed E-state index contributed by atoms with van der Waals surface area (Å²) in [5.41, 5.74) is 7.26. The lowest BCUT2D eigenvalue weighted by Gasteiger charge is -2.24. The molecule has 0 spiro atoms. The van der Waals surface area contributed by atoms with E-state index in [0.717, 1.165) is 17.9 Å². The van der Waals surface area contributed by atoms with Crippen LogP contribution in [0.5, 0.6) is 5.75 Å². The highest BCUT2D eigenvalue weighted by Crippen LogP contribution is 2.40. The van der Waals surface area contributed by atoms with Gasteiger partial charge in [0.2, 0.25) is 0 Å². The molecule has 2 saturated heterocycles. The van der Waals surface area contributed by atoms with Gasteiger partial charge in [-0.25, -0.2) is 4.39 Å². The Labute approximate surface area is 113 Å². The molecule has 4 heteroatoms. The summed E-state index contributed by atoms with van der Waals surface area (Å²) >= 11 is 0. The molecule has 1 aromatic carbocycles. The van der Waals surface area contributed by atoms with E-state index in [-0.39, 0.29) is 12.4 Å². The van der Waals surface area contributed by atoms with Gasteiger partial charge >= 0.3 is 0 Å². The number of benzene rings is 1. The molecule has 0 aromatic heterocycles. The van der Waals surface area contributed by atoms with Crippen molar-refractivity contribution >= 4 is 0 Å². The fraction of sp³-hybridized carbons (Fsp3) is 0.600. The smallest absolute Gasteiger partial charge is 0.128 e. The van der Waals surface area contributed by atoms with Gasteiger partial charge in [-0.2, -0.15) is 0 Å². The van der Waals surface area contributed by atoms with Crippen LogP contribution in [0.3, 0.4) is 0 Å². The van der Waals surface area contributed by atoms with Gasteiger partial charge in [0.15, 0.2) is 0 Å². The quantitative estimate of drug-likeness (QED) is 0.907. The van der Waals surface area contributed by atoms with Crippen molar-refractivity contribution in [2.45, 2.75) is 50.9 Å². The van der Waals surface area contributed by atoms with Crippen molar-refractivity contribution < 1.29 is 9.13 Å². The van der Waals surface area contributed by atoms with Crippen molar-refractivity contribution in [2.24, 2.45) is 5.73 Å². The molecule has 2 aliphatic heterocycles. The molecule has 3 nitrogen and oxygen atoms in total. The number of hydrogen-bond acceptors (Lipinski definition) is 3. The first kappa shape index (κ1) is 12.9. The molecule has 2 N–H and O–H groups in total. The van der Waals surface area contributed by atoms with Gasteiger partial charge in [-0.1, -0.05) is 0 Å². The number of halogens is 1. The molecule has 2 bridgehead atoms. The van der Waals surface area contributed by atoms with Crippen LogP contribution in [0.4, 0.5) is 4.39 Å². The summed E-state index contributed by atoms with van der Waals surface area (Å²) in [5.74, 6) is 0.540. The largest absolute Gasteiger partial charge is 0.496 e. The van der Waals surface area contributed by atoms with Crippen molar-refractivity contribution in [3.63, 3.8) is 0 Å². The predicted octanol–water partition coefficient (Wildman–Crippen LogP) is 2.42. The van der Waals surface area contributed by atoms with Crippen molar-refractivity contribution in [3.8, 4) is 5.75 Å². The Morgan fingerprint density at radius 1 is 1.21 bits per heavy atom. The minimum Gasteiger partial charge on any atom is -0.496 e. The maximum atomic E-state index is 13.9. The van der Waals surface area contributed by atoms with Gasteiger partial charge in [-0.05, 0) is 37.8 Å². The van der Waals surface area contributed by atoms with Crippen LogP contribution >= 0.6 is 0 Å². The van der Waals surface area contributed by atoms with E-state index in [9.17, 15) is 4.39 Å². The molecular weight excluding hydrogens is 243 g/mol. The Balaban J connectivity index is 1.92. The predicted molar refractivity (Wildman–Crippen MR) is 72.4 cm³/mol. The van der Waals surface area contributed by atoms with E-state index in [4.69, 9.17) is 10.5 Å². The molecule has 2 aliphatic rings. The van der Waals surface area contributed by atoms with E-state index in [1.807, 2.05) is 0 Å². The second-order valence-corrected chi connectivity index (χ2v) is 5.55. The first-order valence-electron chi connectivity index (χ1n) is 7.04. The number of methoxy groups -OCH3 is 1. The molecule has 0 unspecified atom stereocenters. The van der Waals surface area contributed by atoms with Gasteiger partial charge in [0.25, 0.3) is 0 Å². The Kier molecular flexibility index (Phi) is 3.46. The van der Waals surface area contributed by atoms with E-state index in [2.05, 4.69) is 4.90 Å². The fourth-order valence-corrected chi connectivity index (χ4v) is 3.69. The lowest BCUT2D eigenvalue weighted by molar-refractivity contribution is 0.238. The van der Waals surface area contributed by atoms with E-state index >= 15 is 0 Å². The first-order valence-corrected chi connectivity index (χ1v) is 7.04. The third kappa shape index (κ3) is 2.13. The van der Waals surface area contributed by atoms with Crippen LogP contribution in [0.15, 0.2) is 12.1 Å². The molecule has 19 heavy (non-hydrogen) atoms. The Hall–Kier alpha value is -1.13. The number of rotatable bonds is 4. The number of nitrogens with two attached hydrogens (primary N) is 1. The molecule has 0 amide bonds. The van der Waals surface area contributed by atoms with Crippen LogP contribution in [0.1, 0.15) is 36.8 Å². The summed E-state index contributed by atoms with van der Waals surface area (Å²) < 4.78 is 19.3. The van der Waals surface area contributed by atoms with Gasteiger partial charge in [-0.15, -0.1) is 0 Å². The van der Waals surface area contributed by atoms with Gasteiger partial charge in [0.1, 0.15) is 11.6 Å². The van der Waals surface area contributed by atoms with Crippen LogP contribution in [-0.2, 0) is 13.1 Å². The molecule has 2 heterocycles. The molecule has 3 rings (SSSR count). The number of fused-ring (bicyclic) bond motifs is 2.